The van der Waals surface area contributed by atoms with Crippen LogP contribution < -0.4 is 22.1 Å². The van der Waals surface area contributed by atoms with Crippen molar-refractivity contribution in [1.29, 1.82) is 0 Å². The van der Waals surface area contributed by atoms with E-state index in [-0.39, 0.29) is 11.9 Å². The normalized spacial score (nSPS) is 12.7. The summed E-state index contributed by atoms with van der Waals surface area (Å²) < 4.78 is 0. The summed E-state index contributed by atoms with van der Waals surface area (Å²) in [7, 11) is 0. The summed E-state index contributed by atoms with van der Waals surface area (Å²) in [4.78, 5) is 11.6. The maximum absolute atomic E-state index is 11.6. The van der Waals surface area contributed by atoms with Crippen molar-refractivity contribution >= 4 is 5.91 Å². The van der Waals surface area contributed by atoms with E-state index >= 15 is 0 Å². The smallest absolute Gasteiger partial charge is 0.236 e. The van der Waals surface area contributed by atoms with Gasteiger partial charge in [-0.2, -0.15) is 0 Å². The van der Waals surface area contributed by atoms with E-state index in [1.54, 1.807) is 0 Å². The molecule has 108 valence electrons. The number of nitrogens with one attached hydrogen (secondary N) is 2. The Labute approximate surface area is 111 Å². The second-order valence-electron chi connectivity index (χ2n) is 5.13. The average molecular weight is 258 g/mol. The summed E-state index contributed by atoms with van der Waals surface area (Å²) in [6.07, 6.45) is 3.85. The highest BCUT2D eigenvalue weighted by atomic mass is 16.2. The number of unbranched alkanes of at least 4 members (excludes halogenated alkanes) is 1. The third kappa shape index (κ3) is 10.5. The molecule has 0 aromatic rings. The van der Waals surface area contributed by atoms with Crippen molar-refractivity contribution in [3.8, 4) is 0 Å². The molecule has 0 heterocycles. The second-order valence-corrected chi connectivity index (χ2v) is 5.13. The Morgan fingerprint density at radius 1 is 1.11 bits per heavy atom. The van der Waals surface area contributed by atoms with Crippen molar-refractivity contribution in [3.05, 3.63) is 0 Å². The highest BCUT2D eigenvalue weighted by molar-refractivity contribution is 5.81. The zero-order chi connectivity index (χ0) is 13.8. The molecule has 1 atom stereocenters. The SMILES string of the molecule is CC(C)C[C@H](N)C(=O)NCCCNCCCCN. The molecule has 6 N–H and O–H groups in total. The molecule has 0 spiro atoms. The quantitative estimate of drug-likeness (QED) is 0.398. The van der Waals surface area contributed by atoms with Crippen LogP contribution >= 0.6 is 0 Å². The molecule has 5 heteroatoms. The van der Waals surface area contributed by atoms with Crippen LogP contribution in [0, 0.1) is 5.92 Å². The zero-order valence-electron chi connectivity index (χ0n) is 11.9. The lowest BCUT2D eigenvalue weighted by Crippen LogP contribution is -2.42. The van der Waals surface area contributed by atoms with Crippen LogP contribution in [0.2, 0.25) is 0 Å². The average Bonchev–Trinajstić information content (AvgIpc) is 2.31. The summed E-state index contributed by atoms with van der Waals surface area (Å²) in [5.41, 5.74) is 11.2. The van der Waals surface area contributed by atoms with Gasteiger partial charge in [-0.05, 0) is 51.2 Å². The van der Waals surface area contributed by atoms with Gasteiger partial charge in [0.15, 0.2) is 0 Å². The van der Waals surface area contributed by atoms with E-state index in [9.17, 15) is 4.79 Å². The molecular weight excluding hydrogens is 228 g/mol. The first-order valence-electron chi connectivity index (χ1n) is 7.02. The Bertz CT molecular complexity index is 209. The number of hydrogen-bond acceptors (Lipinski definition) is 4. The van der Waals surface area contributed by atoms with Gasteiger partial charge in [0.2, 0.25) is 5.91 Å². The second kappa shape index (κ2) is 11.4. The van der Waals surface area contributed by atoms with Crippen molar-refractivity contribution in [2.45, 2.75) is 45.6 Å². The fraction of sp³-hybridized carbons (Fsp3) is 0.923. The van der Waals surface area contributed by atoms with E-state index < -0.39 is 0 Å². The van der Waals surface area contributed by atoms with Crippen LogP contribution in [0.4, 0.5) is 0 Å². The highest BCUT2D eigenvalue weighted by Gasteiger charge is 2.13. The van der Waals surface area contributed by atoms with Gasteiger partial charge in [-0.1, -0.05) is 13.8 Å². The summed E-state index contributed by atoms with van der Waals surface area (Å²) in [5.74, 6) is 0.418. The Kier molecular flexibility index (Phi) is 11.0. The molecular formula is C13H30N4O. The Hall–Kier alpha value is -0.650. The molecule has 0 rings (SSSR count). The van der Waals surface area contributed by atoms with Gasteiger partial charge in [0.1, 0.15) is 0 Å². The summed E-state index contributed by atoms with van der Waals surface area (Å²) >= 11 is 0. The Morgan fingerprint density at radius 3 is 2.39 bits per heavy atom. The number of carbonyl (C=O) groups excluding carboxylic acids is 1. The standard InChI is InChI=1S/C13H30N4O/c1-11(2)10-12(15)13(18)17-9-5-8-16-7-4-3-6-14/h11-12,16H,3-10,14-15H2,1-2H3,(H,17,18)/t12-/m0/s1. The maximum Gasteiger partial charge on any atom is 0.236 e. The molecule has 5 nitrogen and oxygen atoms in total. The van der Waals surface area contributed by atoms with Crippen LogP contribution in [-0.2, 0) is 4.79 Å². The fourth-order valence-electron chi connectivity index (χ4n) is 1.69. The van der Waals surface area contributed by atoms with Crippen LogP contribution in [0.1, 0.15) is 39.5 Å². The Morgan fingerprint density at radius 2 is 1.78 bits per heavy atom. The monoisotopic (exact) mass is 258 g/mol. The van der Waals surface area contributed by atoms with Crippen LogP contribution in [0.25, 0.3) is 0 Å². The molecule has 0 fully saturated rings. The summed E-state index contributed by atoms with van der Waals surface area (Å²) in [5, 5.41) is 6.18. The molecule has 18 heavy (non-hydrogen) atoms. The lowest BCUT2D eigenvalue weighted by Gasteiger charge is -2.14. The summed E-state index contributed by atoms with van der Waals surface area (Å²) in [6, 6.07) is -0.373. The van der Waals surface area contributed by atoms with E-state index in [1.165, 1.54) is 0 Å². The van der Waals surface area contributed by atoms with Crippen molar-refractivity contribution in [2.75, 3.05) is 26.2 Å². The first-order chi connectivity index (χ1) is 8.57. The minimum absolute atomic E-state index is 0.0353. The van der Waals surface area contributed by atoms with Crippen LogP contribution in [0.15, 0.2) is 0 Å². The third-order valence-corrected chi connectivity index (χ3v) is 2.70. The van der Waals surface area contributed by atoms with Crippen LogP contribution in [0.5, 0.6) is 0 Å². The predicted octanol–water partition coefficient (Wildman–Crippen LogP) is 0.195. The number of nitrogens with two attached hydrogens (primary N) is 2. The molecule has 0 saturated heterocycles. The van der Waals surface area contributed by atoms with E-state index in [0.717, 1.165) is 45.3 Å². The number of amides is 1. The molecule has 0 aromatic carbocycles. The van der Waals surface area contributed by atoms with Gasteiger partial charge in [0.05, 0.1) is 6.04 Å². The van der Waals surface area contributed by atoms with E-state index in [2.05, 4.69) is 24.5 Å². The summed E-state index contributed by atoms with van der Waals surface area (Å²) in [6.45, 7) is 7.50. The first-order valence-corrected chi connectivity index (χ1v) is 7.02. The minimum atomic E-state index is -0.373. The van der Waals surface area contributed by atoms with Gasteiger partial charge in [0, 0.05) is 6.54 Å². The number of hydrogen-bond donors (Lipinski definition) is 4. The topological polar surface area (TPSA) is 93.2 Å². The molecule has 0 saturated carbocycles. The van der Waals surface area contributed by atoms with Crippen molar-refractivity contribution in [2.24, 2.45) is 17.4 Å². The molecule has 0 aliphatic carbocycles. The molecule has 0 aliphatic heterocycles. The molecule has 0 radical (unpaired) electrons. The van der Waals surface area contributed by atoms with Gasteiger partial charge in [-0.15, -0.1) is 0 Å². The molecule has 1 amide bonds. The fourth-order valence-corrected chi connectivity index (χ4v) is 1.69. The lowest BCUT2D eigenvalue weighted by molar-refractivity contribution is -0.122. The minimum Gasteiger partial charge on any atom is -0.355 e. The van der Waals surface area contributed by atoms with Gasteiger partial charge in [0.25, 0.3) is 0 Å². The van der Waals surface area contributed by atoms with Crippen molar-refractivity contribution in [3.63, 3.8) is 0 Å². The molecule has 0 aliphatic rings. The lowest BCUT2D eigenvalue weighted by atomic mass is 10.0. The van der Waals surface area contributed by atoms with E-state index in [4.69, 9.17) is 11.5 Å². The first kappa shape index (κ1) is 17.4. The molecule has 0 bridgehead atoms. The van der Waals surface area contributed by atoms with Crippen LogP contribution in [-0.4, -0.2) is 38.1 Å². The maximum atomic E-state index is 11.6. The predicted molar refractivity (Wildman–Crippen MR) is 76.2 cm³/mol. The molecule has 0 aromatic heterocycles. The van der Waals surface area contributed by atoms with E-state index in [1.807, 2.05) is 0 Å². The third-order valence-electron chi connectivity index (χ3n) is 2.70. The number of rotatable bonds is 11. The van der Waals surface area contributed by atoms with Gasteiger partial charge < -0.3 is 22.1 Å². The van der Waals surface area contributed by atoms with Gasteiger partial charge in [-0.25, -0.2) is 0 Å². The van der Waals surface area contributed by atoms with Crippen LogP contribution in [0.3, 0.4) is 0 Å². The number of carbonyl (C=O) groups is 1. The molecule has 0 unspecified atom stereocenters. The van der Waals surface area contributed by atoms with Gasteiger partial charge >= 0.3 is 0 Å². The van der Waals surface area contributed by atoms with E-state index in [0.29, 0.717) is 12.5 Å². The highest BCUT2D eigenvalue weighted by Crippen LogP contribution is 2.02. The van der Waals surface area contributed by atoms with Crippen molar-refractivity contribution < 1.29 is 4.79 Å². The Balaban J connectivity index is 3.35. The van der Waals surface area contributed by atoms with Crippen molar-refractivity contribution in [1.82, 2.24) is 10.6 Å². The zero-order valence-corrected chi connectivity index (χ0v) is 11.9. The largest absolute Gasteiger partial charge is 0.355 e. The van der Waals surface area contributed by atoms with Gasteiger partial charge in [-0.3, -0.25) is 4.79 Å².